The van der Waals surface area contributed by atoms with Crippen LogP contribution in [0.3, 0.4) is 0 Å². The molecule has 1 unspecified atom stereocenters. The minimum absolute atomic E-state index is 0.148. The average Bonchev–Trinajstić information content (AvgIpc) is 3.12. The fourth-order valence-corrected chi connectivity index (χ4v) is 4.18. The van der Waals surface area contributed by atoms with Crippen molar-refractivity contribution in [3.05, 3.63) is 82.7 Å². The van der Waals surface area contributed by atoms with Crippen molar-refractivity contribution in [1.82, 2.24) is 9.97 Å². The Labute approximate surface area is 158 Å². The summed E-state index contributed by atoms with van der Waals surface area (Å²) in [5.41, 5.74) is 6.52. The van der Waals surface area contributed by atoms with Crippen LogP contribution >= 0.6 is 0 Å². The van der Waals surface area contributed by atoms with Crippen LogP contribution < -0.4 is 4.90 Å². The SMILES string of the molecule is Cc1ccc(C2CC(=O)c3cnc(N4CCc5ccccc54)nc3C2)cc1. The highest BCUT2D eigenvalue weighted by molar-refractivity contribution is 5.98. The molecule has 4 nitrogen and oxygen atoms in total. The largest absolute Gasteiger partial charge is 0.310 e. The molecular weight excluding hydrogens is 334 g/mol. The van der Waals surface area contributed by atoms with E-state index in [-0.39, 0.29) is 11.7 Å². The summed E-state index contributed by atoms with van der Waals surface area (Å²) in [6.45, 7) is 2.96. The second-order valence-electron chi connectivity index (χ2n) is 7.50. The number of aromatic nitrogens is 2. The summed E-state index contributed by atoms with van der Waals surface area (Å²) in [6.07, 6.45) is 4.05. The molecule has 1 aromatic heterocycles. The van der Waals surface area contributed by atoms with Crippen LogP contribution in [0.4, 0.5) is 11.6 Å². The summed E-state index contributed by atoms with van der Waals surface area (Å²) >= 11 is 0. The highest BCUT2D eigenvalue weighted by atomic mass is 16.1. The Morgan fingerprint density at radius 3 is 2.70 bits per heavy atom. The van der Waals surface area contributed by atoms with E-state index in [1.165, 1.54) is 22.4 Å². The number of hydrogen-bond acceptors (Lipinski definition) is 4. The molecule has 134 valence electrons. The monoisotopic (exact) mass is 355 g/mol. The zero-order valence-corrected chi connectivity index (χ0v) is 15.4. The van der Waals surface area contributed by atoms with Gasteiger partial charge in [-0.25, -0.2) is 9.97 Å². The first-order chi connectivity index (χ1) is 13.2. The first-order valence-electron chi connectivity index (χ1n) is 9.50. The Morgan fingerprint density at radius 2 is 1.85 bits per heavy atom. The molecule has 1 atom stereocenters. The molecule has 2 heterocycles. The third-order valence-electron chi connectivity index (χ3n) is 5.70. The lowest BCUT2D eigenvalue weighted by Crippen LogP contribution is -2.23. The van der Waals surface area contributed by atoms with Crippen LogP contribution in [0, 0.1) is 6.92 Å². The fraction of sp³-hybridized carbons (Fsp3) is 0.261. The lowest BCUT2D eigenvalue weighted by molar-refractivity contribution is 0.0962. The van der Waals surface area contributed by atoms with Gasteiger partial charge in [-0.2, -0.15) is 0 Å². The zero-order chi connectivity index (χ0) is 18.4. The molecule has 0 saturated heterocycles. The van der Waals surface area contributed by atoms with Gasteiger partial charge in [-0.1, -0.05) is 48.0 Å². The first kappa shape index (κ1) is 16.2. The van der Waals surface area contributed by atoms with Crippen molar-refractivity contribution < 1.29 is 4.79 Å². The van der Waals surface area contributed by atoms with Gasteiger partial charge < -0.3 is 4.90 Å². The van der Waals surface area contributed by atoms with Crippen molar-refractivity contribution in [1.29, 1.82) is 0 Å². The molecule has 0 amide bonds. The second-order valence-corrected chi connectivity index (χ2v) is 7.50. The number of rotatable bonds is 2. The van der Waals surface area contributed by atoms with Crippen LogP contribution in [0.15, 0.2) is 54.7 Å². The molecule has 2 aliphatic rings. The van der Waals surface area contributed by atoms with E-state index >= 15 is 0 Å². The van der Waals surface area contributed by atoms with E-state index in [4.69, 9.17) is 4.98 Å². The van der Waals surface area contributed by atoms with Crippen molar-refractivity contribution in [2.24, 2.45) is 0 Å². The van der Waals surface area contributed by atoms with Crippen molar-refractivity contribution in [2.75, 3.05) is 11.4 Å². The maximum atomic E-state index is 12.7. The normalized spacial score (nSPS) is 18.3. The Balaban J connectivity index is 1.49. The molecule has 0 fully saturated rings. The number of fused-ring (bicyclic) bond motifs is 2. The van der Waals surface area contributed by atoms with Crippen LogP contribution in [0.2, 0.25) is 0 Å². The number of Topliss-reactive ketones (excluding diaryl/α,β-unsaturated/α-hetero) is 1. The van der Waals surface area contributed by atoms with Crippen molar-refractivity contribution >= 4 is 17.4 Å². The van der Waals surface area contributed by atoms with E-state index in [0.717, 1.165) is 25.1 Å². The Bertz CT molecular complexity index is 1030. The minimum atomic E-state index is 0.148. The zero-order valence-electron chi connectivity index (χ0n) is 15.4. The first-order valence-corrected chi connectivity index (χ1v) is 9.50. The molecule has 0 N–H and O–H groups in total. The number of para-hydroxylation sites is 1. The molecule has 2 aromatic carbocycles. The average molecular weight is 355 g/mol. The topological polar surface area (TPSA) is 46.1 Å². The van der Waals surface area contributed by atoms with E-state index in [0.29, 0.717) is 17.9 Å². The second kappa shape index (κ2) is 6.31. The number of ketones is 1. The summed E-state index contributed by atoms with van der Waals surface area (Å²) in [7, 11) is 0. The number of aryl methyl sites for hydroxylation is 1. The van der Waals surface area contributed by atoms with Crippen molar-refractivity contribution in [3.63, 3.8) is 0 Å². The predicted octanol–water partition coefficient (Wildman–Crippen LogP) is 4.39. The quantitative estimate of drug-likeness (QED) is 0.684. The van der Waals surface area contributed by atoms with E-state index in [9.17, 15) is 4.79 Å². The lowest BCUT2D eigenvalue weighted by Gasteiger charge is -2.25. The molecular formula is C23H21N3O. The van der Waals surface area contributed by atoms with Crippen LogP contribution in [0.25, 0.3) is 0 Å². The number of hydrogen-bond donors (Lipinski definition) is 0. The summed E-state index contributed by atoms with van der Waals surface area (Å²) in [6, 6.07) is 16.9. The summed E-state index contributed by atoms with van der Waals surface area (Å²) in [5.74, 6) is 1.05. The Kier molecular flexibility index (Phi) is 3.78. The maximum absolute atomic E-state index is 12.7. The van der Waals surface area contributed by atoms with Gasteiger partial charge in [-0.05, 0) is 42.9 Å². The van der Waals surface area contributed by atoms with Gasteiger partial charge >= 0.3 is 0 Å². The lowest BCUT2D eigenvalue weighted by atomic mass is 9.82. The van der Waals surface area contributed by atoms with Gasteiger partial charge in [0.2, 0.25) is 5.95 Å². The fourth-order valence-electron chi connectivity index (χ4n) is 4.18. The Hall–Kier alpha value is -3.01. The van der Waals surface area contributed by atoms with Crippen LogP contribution in [-0.2, 0) is 12.8 Å². The highest BCUT2D eigenvalue weighted by Gasteiger charge is 2.30. The number of nitrogens with zero attached hydrogens (tertiary/aromatic N) is 3. The van der Waals surface area contributed by atoms with E-state index in [2.05, 4.69) is 59.3 Å². The standard InChI is InChI=1S/C23H21N3O/c1-15-6-8-16(9-7-15)18-12-20-19(22(27)13-18)14-24-23(25-20)26-11-10-17-4-2-3-5-21(17)26/h2-9,14,18H,10-13H2,1H3. The smallest absolute Gasteiger partial charge is 0.230 e. The molecule has 0 spiro atoms. The van der Waals surface area contributed by atoms with Gasteiger partial charge in [0.25, 0.3) is 0 Å². The van der Waals surface area contributed by atoms with E-state index < -0.39 is 0 Å². The maximum Gasteiger partial charge on any atom is 0.230 e. The van der Waals surface area contributed by atoms with Crippen LogP contribution in [0.1, 0.15) is 45.1 Å². The number of benzene rings is 2. The third-order valence-corrected chi connectivity index (χ3v) is 5.70. The molecule has 0 radical (unpaired) electrons. The van der Waals surface area contributed by atoms with Crippen LogP contribution in [0.5, 0.6) is 0 Å². The highest BCUT2D eigenvalue weighted by Crippen LogP contribution is 2.35. The van der Waals surface area contributed by atoms with Gasteiger partial charge in [-0.15, -0.1) is 0 Å². The molecule has 1 aliphatic heterocycles. The van der Waals surface area contributed by atoms with Gasteiger partial charge in [0, 0.05) is 24.8 Å². The predicted molar refractivity (Wildman–Crippen MR) is 106 cm³/mol. The minimum Gasteiger partial charge on any atom is -0.310 e. The molecule has 3 aromatic rings. The summed E-state index contributed by atoms with van der Waals surface area (Å²) in [4.78, 5) is 24.2. The molecule has 27 heavy (non-hydrogen) atoms. The van der Waals surface area contributed by atoms with E-state index in [1.807, 2.05) is 6.07 Å². The van der Waals surface area contributed by atoms with Gasteiger partial charge in [0.05, 0.1) is 11.3 Å². The van der Waals surface area contributed by atoms with Gasteiger partial charge in [-0.3, -0.25) is 4.79 Å². The van der Waals surface area contributed by atoms with E-state index in [1.54, 1.807) is 6.20 Å². The number of carbonyl (C=O) groups is 1. The van der Waals surface area contributed by atoms with Crippen molar-refractivity contribution in [2.45, 2.75) is 32.1 Å². The molecule has 4 heteroatoms. The molecule has 1 aliphatic carbocycles. The number of anilines is 2. The summed E-state index contributed by atoms with van der Waals surface area (Å²) < 4.78 is 0. The third kappa shape index (κ3) is 2.81. The summed E-state index contributed by atoms with van der Waals surface area (Å²) in [5, 5.41) is 0. The number of carbonyl (C=O) groups excluding carboxylic acids is 1. The molecule has 0 saturated carbocycles. The van der Waals surface area contributed by atoms with Gasteiger partial charge in [0.1, 0.15) is 0 Å². The van der Waals surface area contributed by atoms with Crippen LogP contribution in [-0.4, -0.2) is 22.3 Å². The molecule has 0 bridgehead atoms. The van der Waals surface area contributed by atoms with Gasteiger partial charge in [0.15, 0.2) is 5.78 Å². The van der Waals surface area contributed by atoms with Crippen molar-refractivity contribution in [3.8, 4) is 0 Å². The molecule has 5 rings (SSSR count). The Morgan fingerprint density at radius 1 is 1.04 bits per heavy atom.